The summed E-state index contributed by atoms with van der Waals surface area (Å²) in [5.41, 5.74) is 1.32. The van der Waals surface area contributed by atoms with Crippen LogP contribution in [0.25, 0.3) is 0 Å². The molecule has 1 heterocycles. The molecule has 1 aliphatic rings. The minimum atomic E-state index is -0.314. The summed E-state index contributed by atoms with van der Waals surface area (Å²) >= 11 is 1.34. The minimum absolute atomic E-state index is 0.0495. The van der Waals surface area contributed by atoms with E-state index in [-0.39, 0.29) is 24.0 Å². The van der Waals surface area contributed by atoms with E-state index in [9.17, 15) is 15.2 Å². The van der Waals surface area contributed by atoms with Crippen molar-refractivity contribution < 1.29 is 14.6 Å². The number of phenolic OH excluding ortho intramolecular Hbond substituents is 1. The highest BCUT2D eigenvalue weighted by Gasteiger charge is 2.29. The fourth-order valence-corrected chi connectivity index (χ4v) is 2.91. The first kappa shape index (κ1) is 15.3. The van der Waals surface area contributed by atoms with Crippen LogP contribution in [0, 0.1) is 11.3 Å². The van der Waals surface area contributed by atoms with Crippen molar-refractivity contribution in [2.45, 2.75) is 19.3 Å². The molecule has 0 spiro atoms. The van der Waals surface area contributed by atoms with Crippen molar-refractivity contribution in [3.8, 4) is 17.6 Å². The van der Waals surface area contributed by atoms with E-state index in [2.05, 4.69) is 11.4 Å². The summed E-state index contributed by atoms with van der Waals surface area (Å²) in [6.45, 7) is 2.26. The van der Waals surface area contributed by atoms with Crippen molar-refractivity contribution in [1.82, 2.24) is 5.32 Å². The topological polar surface area (TPSA) is 82.3 Å². The molecular formula is C15H16N2O3S. The van der Waals surface area contributed by atoms with Crippen molar-refractivity contribution in [2.75, 3.05) is 12.9 Å². The minimum Gasteiger partial charge on any atom is -0.504 e. The van der Waals surface area contributed by atoms with E-state index in [1.165, 1.54) is 17.8 Å². The number of aromatic hydroxyl groups is 1. The summed E-state index contributed by atoms with van der Waals surface area (Å²) in [6, 6.07) is 7.12. The predicted molar refractivity (Wildman–Crippen MR) is 80.9 cm³/mol. The average molecular weight is 304 g/mol. The van der Waals surface area contributed by atoms with Crippen LogP contribution in [-0.2, 0) is 4.79 Å². The van der Waals surface area contributed by atoms with Gasteiger partial charge in [0.2, 0.25) is 5.91 Å². The Hall–Kier alpha value is -2.13. The van der Waals surface area contributed by atoms with E-state index in [4.69, 9.17) is 4.74 Å². The highest BCUT2D eigenvalue weighted by Crippen LogP contribution is 2.38. The van der Waals surface area contributed by atoms with Gasteiger partial charge in [-0.3, -0.25) is 4.79 Å². The number of nitrogens with zero attached hydrogens (tertiary/aromatic N) is 1. The molecule has 0 radical (unpaired) electrons. The van der Waals surface area contributed by atoms with Gasteiger partial charge in [-0.1, -0.05) is 6.07 Å². The number of allylic oxidation sites excluding steroid dienone is 1. The van der Waals surface area contributed by atoms with Gasteiger partial charge in [-0.05, 0) is 30.9 Å². The Balaban J connectivity index is 2.46. The second kappa shape index (κ2) is 6.55. The Morgan fingerprint density at radius 2 is 2.33 bits per heavy atom. The van der Waals surface area contributed by atoms with E-state index < -0.39 is 0 Å². The number of ether oxygens (including phenoxy) is 1. The summed E-state index contributed by atoms with van der Waals surface area (Å²) < 4.78 is 5.36. The molecule has 2 rings (SSSR count). The number of carbonyl (C=O) groups is 1. The fraction of sp³-hybridized carbons (Fsp3) is 0.333. The number of benzene rings is 1. The number of rotatable bonds is 4. The molecule has 0 bridgehead atoms. The summed E-state index contributed by atoms with van der Waals surface area (Å²) in [5.74, 6) is -0.0159. The number of nitriles is 1. The quantitative estimate of drug-likeness (QED) is 0.893. The van der Waals surface area contributed by atoms with Crippen molar-refractivity contribution in [3.63, 3.8) is 0 Å². The normalized spacial score (nSPS) is 18.1. The molecule has 0 unspecified atom stereocenters. The summed E-state index contributed by atoms with van der Waals surface area (Å²) in [4.78, 5) is 11.8. The lowest BCUT2D eigenvalue weighted by molar-refractivity contribution is -0.120. The Labute approximate surface area is 127 Å². The number of hydrogen-bond donors (Lipinski definition) is 2. The first-order valence-electron chi connectivity index (χ1n) is 6.54. The fourth-order valence-electron chi connectivity index (χ4n) is 2.28. The molecule has 21 heavy (non-hydrogen) atoms. The zero-order valence-electron chi connectivity index (χ0n) is 11.8. The van der Waals surface area contributed by atoms with Crippen molar-refractivity contribution in [1.29, 1.82) is 5.26 Å². The third-order valence-corrected chi connectivity index (χ3v) is 3.98. The SMILES string of the molecule is CCOc1cc([C@@H]2CC(=O)NC(SC)=C2C#N)ccc1O. The van der Waals surface area contributed by atoms with Gasteiger partial charge in [-0.25, -0.2) is 0 Å². The third-order valence-electron chi connectivity index (χ3n) is 3.25. The van der Waals surface area contributed by atoms with Gasteiger partial charge in [0, 0.05) is 12.3 Å². The predicted octanol–water partition coefficient (Wildman–Crippen LogP) is 2.49. The van der Waals surface area contributed by atoms with Crippen LogP contribution in [-0.4, -0.2) is 23.9 Å². The van der Waals surface area contributed by atoms with Gasteiger partial charge < -0.3 is 15.2 Å². The molecule has 1 aliphatic heterocycles. The number of thioether (sulfide) groups is 1. The van der Waals surface area contributed by atoms with Crippen molar-refractivity contribution >= 4 is 17.7 Å². The molecule has 0 saturated carbocycles. The highest BCUT2D eigenvalue weighted by molar-refractivity contribution is 8.02. The van der Waals surface area contributed by atoms with Crippen LogP contribution >= 0.6 is 11.8 Å². The Bertz CT molecular complexity index is 634. The van der Waals surface area contributed by atoms with E-state index in [0.717, 1.165) is 5.56 Å². The lowest BCUT2D eigenvalue weighted by atomic mass is 9.87. The van der Waals surface area contributed by atoms with Crippen LogP contribution < -0.4 is 10.1 Å². The van der Waals surface area contributed by atoms with Crippen LogP contribution in [0.2, 0.25) is 0 Å². The van der Waals surface area contributed by atoms with E-state index in [1.807, 2.05) is 13.2 Å². The maximum Gasteiger partial charge on any atom is 0.225 e. The number of hydrogen-bond acceptors (Lipinski definition) is 5. The van der Waals surface area contributed by atoms with Gasteiger partial charge in [-0.2, -0.15) is 5.26 Å². The smallest absolute Gasteiger partial charge is 0.225 e. The van der Waals surface area contributed by atoms with Gasteiger partial charge in [0.1, 0.15) is 0 Å². The molecule has 0 aliphatic carbocycles. The third kappa shape index (κ3) is 3.14. The van der Waals surface area contributed by atoms with E-state index >= 15 is 0 Å². The zero-order chi connectivity index (χ0) is 15.4. The molecule has 0 fully saturated rings. The molecule has 1 amide bonds. The molecule has 110 valence electrons. The second-order valence-corrected chi connectivity index (χ2v) is 5.34. The van der Waals surface area contributed by atoms with E-state index in [0.29, 0.717) is 23.0 Å². The standard InChI is InChI=1S/C15H16N2O3S/c1-3-20-13-6-9(4-5-12(13)18)10-7-14(19)17-15(21-2)11(10)8-16/h4-6,10,18H,3,7H2,1-2H3,(H,17,19)/t10-/m0/s1. The van der Waals surface area contributed by atoms with Crippen LogP contribution in [0.3, 0.4) is 0 Å². The maximum absolute atomic E-state index is 11.8. The number of nitrogens with one attached hydrogen (secondary N) is 1. The van der Waals surface area contributed by atoms with Gasteiger partial charge in [0.15, 0.2) is 11.5 Å². The highest BCUT2D eigenvalue weighted by atomic mass is 32.2. The zero-order valence-corrected chi connectivity index (χ0v) is 12.7. The number of carbonyl (C=O) groups excluding carboxylic acids is 1. The molecular weight excluding hydrogens is 288 g/mol. The lowest BCUT2D eigenvalue weighted by Crippen LogP contribution is -2.30. The maximum atomic E-state index is 11.8. The Morgan fingerprint density at radius 1 is 1.57 bits per heavy atom. The van der Waals surface area contributed by atoms with Gasteiger partial charge in [0.25, 0.3) is 0 Å². The summed E-state index contributed by atoms with van der Waals surface area (Å²) in [7, 11) is 0. The number of phenols is 1. The Morgan fingerprint density at radius 3 is 2.95 bits per heavy atom. The first-order valence-corrected chi connectivity index (χ1v) is 7.77. The second-order valence-electron chi connectivity index (χ2n) is 4.52. The molecule has 1 aromatic carbocycles. The van der Waals surface area contributed by atoms with Gasteiger partial charge >= 0.3 is 0 Å². The van der Waals surface area contributed by atoms with Crippen LogP contribution in [0.4, 0.5) is 0 Å². The summed E-state index contributed by atoms with van der Waals surface area (Å²) in [6.07, 6.45) is 2.03. The van der Waals surface area contributed by atoms with Crippen LogP contribution in [0.5, 0.6) is 11.5 Å². The van der Waals surface area contributed by atoms with E-state index in [1.54, 1.807) is 12.1 Å². The molecule has 0 saturated heterocycles. The molecule has 6 heteroatoms. The first-order chi connectivity index (χ1) is 10.1. The Kier molecular flexibility index (Phi) is 4.76. The monoisotopic (exact) mass is 304 g/mol. The molecule has 2 N–H and O–H groups in total. The summed E-state index contributed by atoms with van der Waals surface area (Å²) in [5, 5.41) is 22.4. The average Bonchev–Trinajstić information content (AvgIpc) is 2.48. The molecule has 1 atom stereocenters. The van der Waals surface area contributed by atoms with Crippen LogP contribution in [0.1, 0.15) is 24.8 Å². The lowest BCUT2D eigenvalue weighted by Gasteiger charge is -2.24. The van der Waals surface area contributed by atoms with Crippen molar-refractivity contribution in [2.24, 2.45) is 0 Å². The number of amides is 1. The molecule has 5 nitrogen and oxygen atoms in total. The van der Waals surface area contributed by atoms with Gasteiger partial charge in [0.05, 0.1) is 23.3 Å². The van der Waals surface area contributed by atoms with Crippen LogP contribution in [0.15, 0.2) is 28.8 Å². The van der Waals surface area contributed by atoms with Gasteiger partial charge in [-0.15, -0.1) is 11.8 Å². The molecule has 1 aromatic rings. The van der Waals surface area contributed by atoms with Crippen molar-refractivity contribution in [3.05, 3.63) is 34.4 Å². The largest absolute Gasteiger partial charge is 0.504 e. The molecule has 0 aromatic heterocycles.